The Hall–Kier alpha value is -0.610. The van der Waals surface area contributed by atoms with Gasteiger partial charge in [0.15, 0.2) is 4.34 Å². The minimum Gasteiger partial charge on any atom is -0.250 e. The average Bonchev–Trinajstić information content (AvgIpc) is 2.56. The summed E-state index contributed by atoms with van der Waals surface area (Å²) < 4.78 is 14.1. The van der Waals surface area contributed by atoms with E-state index in [4.69, 9.17) is 0 Å². The van der Waals surface area contributed by atoms with E-state index in [1.165, 1.54) is 22.0 Å². The highest BCUT2D eigenvalue weighted by molar-refractivity contribution is 8.01. The van der Waals surface area contributed by atoms with Gasteiger partial charge in [-0.3, -0.25) is 4.39 Å². The number of hydrogen-bond acceptors (Lipinski definition) is 3. The zero-order chi connectivity index (χ0) is 9.97. The van der Waals surface area contributed by atoms with Crippen LogP contribution < -0.4 is 0 Å². The minimum absolute atomic E-state index is 0.292. The summed E-state index contributed by atoms with van der Waals surface area (Å²) in [6.07, 6.45) is 0. The number of halogens is 1. The maximum atomic E-state index is 12.0. The highest BCUT2D eigenvalue weighted by Crippen LogP contribution is 2.29. The van der Waals surface area contributed by atoms with Crippen LogP contribution in [0, 0.1) is 6.92 Å². The third kappa shape index (κ3) is 2.07. The average molecular weight is 227 g/mol. The second kappa shape index (κ2) is 4.28. The van der Waals surface area contributed by atoms with E-state index in [0.717, 1.165) is 9.86 Å². The molecule has 0 radical (unpaired) electrons. The van der Waals surface area contributed by atoms with Crippen LogP contribution in [0.4, 0.5) is 4.39 Å². The molecule has 14 heavy (non-hydrogen) atoms. The van der Waals surface area contributed by atoms with Crippen molar-refractivity contribution in [2.24, 2.45) is 0 Å². The Morgan fingerprint density at radius 2 is 2.36 bits per heavy atom. The number of aryl methyl sites for hydroxylation is 1. The van der Waals surface area contributed by atoms with Crippen molar-refractivity contribution in [3.05, 3.63) is 23.8 Å². The van der Waals surface area contributed by atoms with E-state index >= 15 is 0 Å². The van der Waals surface area contributed by atoms with Gasteiger partial charge in [0.1, 0.15) is 0 Å². The monoisotopic (exact) mass is 227 g/mol. The molecule has 0 aliphatic carbocycles. The molecule has 0 aliphatic rings. The van der Waals surface area contributed by atoms with Crippen LogP contribution in [0.3, 0.4) is 0 Å². The van der Waals surface area contributed by atoms with Gasteiger partial charge in [0.2, 0.25) is 0 Å². The van der Waals surface area contributed by atoms with E-state index in [1.54, 1.807) is 11.3 Å². The quantitative estimate of drug-likeness (QED) is 0.742. The number of fused-ring (bicyclic) bond motifs is 1. The summed E-state index contributed by atoms with van der Waals surface area (Å²) in [5, 5.41) is 0. The lowest BCUT2D eigenvalue weighted by molar-refractivity contribution is 0.533. The normalized spacial score (nSPS) is 11.0. The molecule has 0 saturated carbocycles. The fourth-order valence-electron chi connectivity index (χ4n) is 1.20. The lowest BCUT2D eigenvalue weighted by Gasteiger charge is -1.89. The molecule has 0 N–H and O–H groups in total. The third-order valence-corrected chi connectivity index (χ3v) is 3.96. The molecule has 0 bridgehead atoms. The molecule has 0 fully saturated rings. The van der Waals surface area contributed by atoms with Crippen LogP contribution in [0.1, 0.15) is 5.56 Å². The predicted octanol–water partition coefficient (Wildman–Crippen LogP) is 3.67. The van der Waals surface area contributed by atoms with Crippen LogP contribution >= 0.6 is 23.1 Å². The second-order valence-corrected chi connectivity index (χ2v) is 5.36. The fourth-order valence-corrected chi connectivity index (χ4v) is 3.05. The number of rotatable bonds is 3. The van der Waals surface area contributed by atoms with Crippen LogP contribution in [0.15, 0.2) is 22.5 Å². The number of thioether (sulfide) groups is 1. The Balaban J connectivity index is 2.32. The topological polar surface area (TPSA) is 12.9 Å². The maximum absolute atomic E-state index is 12.0. The van der Waals surface area contributed by atoms with Gasteiger partial charge >= 0.3 is 0 Å². The smallest absolute Gasteiger partial charge is 0.151 e. The molecule has 1 aromatic heterocycles. The Morgan fingerprint density at radius 3 is 3.14 bits per heavy atom. The molecule has 1 nitrogen and oxygen atoms in total. The summed E-state index contributed by atoms with van der Waals surface area (Å²) in [6.45, 7) is 1.76. The molecular formula is C10H10FNS2. The first-order valence-electron chi connectivity index (χ1n) is 4.35. The van der Waals surface area contributed by atoms with Crippen molar-refractivity contribution in [2.45, 2.75) is 11.3 Å². The molecule has 74 valence electrons. The number of aromatic nitrogens is 1. The SMILES string of the molecule is Cc1ccc2sc(SCCF)nc2c1. The number of benzene rings is 1. The number of thiazole rings is 1. The standard InChI is InChI=1S/C10H10FNS2/c1-7-2-3-9-8(6-7)12-10(14-9)13-5-4-11/h2-3,6H,4-5H2,1H3. The largest absolute Gasteiger partial charge is 0.250 e. The molecule has 0 aliphatic heterocycles. The molecule has 1 aromatic carbocycles. The summed E-state index contributed by atoms with van der Waals surface area (Å²) in [7, 11) is 0. The van der Waals surface area contributed by atoms with E-state index in [-0.39, 0.29) is 6.67 Å². The first-order chi connectivity index (χ1) is 6.79. The van der Waals surface area contributed by atoms with Crippen molar-refractivity contribution in [1.82, 2.24) is 4.98 Å². The summed E-state index contributed by atoms with van der Waals surface area (Å²) in [5.74, 6) is 0.499. The molecule has 0 spiro atoms. The van der Waals surface area contributed by atoms with E-state index in [2.05, 4.69) is 23.2 Å². The molecule has 4 heteroatoms. The van der Waals surface area contributed by atoms with Crippen LogP contribution in [0.25, 0.3) is 10.2 Å². The zero-order valence-corrected chi connectivity index (χ0v) is 9.42. The Kier molecular flexibility index (Phi) is 3.03. The van der Waals surface area contributed by atoms with Gasteiger partial charge in [0, 0.05) is 5.75 Å². The molecule has 0 amide bonds. The minimum atomic E-state index is -0.292. The van der Waals surface area contributed by atoms with Crippen LogP contribution in [0.2, 0.25) is 0 Å². The van der Waals surface area contributed by atoms with Crippen molar-refractivity contribution < 1.29 is 4.39 Å². The third-order valence-electron chi connectivity index (χ3n) is 1.83. The van der Waals surface area contributed by atoms with E-state index in [9.17, 15) is 4.39 Å². The van der Waals surface area contributed by atoms with E-state index < -0.39 is 0 Å². The van der Waals surface area contributed by atoms with Gasteiger partial charge < -0.3 is 0 Å². The molecule has 0 saturated heterocycles. The van der Waals surface area contributed by atoms with Crippen molar-refractivity contribution >= 4 is 33.3 Å². The first kappa shape index (κ1) is 9.93. The molecule has 2 rings (SSSR count). The van der Waals surface area contributed by atoms with Gasteiger partial charge in [-0.25, -0.2) is 4.98 Å². The van der Waals surface area contributed by atoms with Crippen LogP contribution in [-0.2, 0) is 0 Å². The van der Waals surface area contributed by atoms with Gasteiger partial charge in [0.05, 0.1) is 16.9 Å². The van der Waals surface area contributed by atoms with E-state index in [0.29, 0.717) is 5.75 Å². The Bertz CT molecular complexity index is 439. The van der Waals surface area contributed by atoms with Gasteiger partial charge in [-0.2, -0.15) is 0 Å². The maximum Gasteiger partial charge on any atom is 0.151 e. The first-order valence-corrected chi connectivity index (χ1v) is 6.16. The van der Waals surface area contributed by atoms with Gasteiger partial charge in [0.25, 0.3) is 0 Å². The van der Waals surface area contributed by atoms with Crippen molar-refractivity contribution in [3.8, 4) is 0 Å². The molecular weight excluding hydrogens is 217 g/mol. The lowest BCUT2D eigenvalue weighted by Crippen LogP contribution is -1.78. The van der Waals surface area contributed by atoms with E-state index in [1.807, 2.05) is 6.92 Å². The van der Waals surface area contributed by atoms with Gasteiger partial charge in [-0.15, -0.1) is 11.3 Å². The summed E-state index contributed by atoms with van der Waals surface area (Å²) in [6, 6.07) is 6.21. The zero-order valence-electron chi connectivity index (χ0n) is 7.79. The number of alkyl halides is 1. The molecule has 0 atom stereocenters. The number of hydrogen-bond donors (Lipinski definition) is 0. The van der Waals surface area contributed by atoms with Gasteiger partial charge in [-0.1, -0.05) is 17.8 Å². The Labute approximate surface area is 90.4 Å². The fraction of sp³-hybridized carbons (Fsp3) is 0.300. The van der Waals surface area contributed by atoms with Crippen molar-refractivity contribution in [1.29, 1.82) is 0 Å². The van der Waals surface area contributed by atoms with Crippen molar-refractivity contribution in [3.63, 3.8) is 0 Å². The summed E-state index contributed by atoms with van der Waals surface area (Å²) in [5.41, 5.74) is 2.24. The Morgan fingerprint density at radius 1 is 1.50 bits per heavy atom. The lowest BCUT2D eigenvalue weighted by atomic mass is 10.2. The second-order valence-electron chi connectivity index (χ2n) is 2.99. The van der Waals surface area contributed by atoms with Crippen molar-refractivity contribution in [2.75, 3.05) is 12.4 Å². The summed E-state index contributed by atoms with van der Waals surface area (Å²) in [4.78, 5) is 4.43. The number of nitrogens with zero attached hydrogens (tertiary/aromatic N) is 1. The molecule has 0 unspecified atom stereocenters. The highest BCUT2D eigenvalue weighted by Gasteiger charge is 2.03. The van der Waals surface area contributed by atoms with Crippen LogP contribution in [0.5, 0.6) is 0 Å². The van der Waals surface area contributed by atoms with Crippen LogP contribution in [-0.4, -0.2) is 17.4 Å². The summed E-state index contributed by atoms with van der Waals surface area (Å²) >= 11 is 3.12. The molecule has 2 aromatic rings. The predicted molar refractivity (Wildman–Crippen MR) is 61.1 cm³/mol. The highest BCUT2D eigenvalue weighted by atomic mass is 32.2. The molecule has 1 heterocycles. The van der Waals surface area contributed by atoms with Gasteiger partial charge in [-0.05, 0) is 24.6 Å².